The molecule has 1 aliphatic heterocycles. The fraction of sp³-hybridized carbons (Fsp3) is 0.214. The van der Waals surface area contributed by atoms with E-state index >= 15 is 0 Å². The molecule has 0 fully saturated rings. The molecule has 1 atom stereocenters. The van der Waals surface area contributed by atoms with Crippen molar-refractivity contribution < 1.29 is 13.9 Å². The van der Waals surface area contributed by atoms with E-state index in [9.17, 15) is 9.18 Å². The zero-order valence-corrected chi connectivity index (χ0v) is 19.0. The molecule has 0 bridgehead atoms. The fourth-order valence-electron chi connectivity index (χ4n) is 4.39. The molecular formula is C28H26FN3O2. The first-order chi connectivity index (χ1) is 16.7. The van der Waals surface area contributed by atoms with Gasteiger partial charge in [0.1, 0.15) is 17.3 Å². The summed E-state index contributed by atoms with van der Waals surface area (Å²) in [5.41, 5.74) is 4.89. The van der Waals surface area contributed by atoms with Crippen molar-refractivity contribution in [3.63, 3.8) is 0 Å². The number of fused-ring (bicyclic) bond motifs is 1. The van der Waals surface area contributed by atoms with Gasteiger partial charge in [-0.1, -0.05) is 67.9 Å². The van der Waals surface area contributed by atoms with E-state index in [2.05, 4.69) is 17.1 Å². The van der Waals surface area contributed by atoms with Crippen molar-refractivity contribution >= 4 is 5.91 Å². The van der Waals surface area contributed by atoms with E-state index in [1.807, 2.05) is 59.5 Å². The monoisotopic (exact) mass is 455 g/mol. The number of benzene rings is 3. The summed E-state index contributed by atoms with van der Waals surface area (Å²) in [5.74, 6) is 0.386. The number of nitrogens with one attached hydrogen (secondary N) is 1. The predicted molar refractivity (Wildman–Crippen MR) is 129 cm³/mol. The molecule has 6 heteroatoms. The zero-order valence-electron chi connectivity index (χ0n) is 19.0. The lowest BCUT2D eigenvalue weighted by Gasteiger charge is -2.26. The topological polar surface area (TPSA) is 58.2 Å². The standard InChI is InChI=1S/C28H26FN3O2/c1-2-3-17-34-23-15-11-21(12-16-23)27-24-25(20-7-5-4-6-8-20)30-31-26(24)28(33)32(27)18-19-9-13-22(29)14-10-19/h4-16,27H,2-3,17-18H2,1H3,(H,30,31). The second kappa shape index (κ2) is 9.51. The first kappa shape index (κ1) is 21.9. The fourth-order valence-corrected chi connectivity index (χ4v) is 4.39. The Morgan fingerprint density at radius 2 is 1.74 bits per heavy atom. The Kier molecular flexibility index (Phi) is 6.12. The molecule has 3 aromatic carbocycles. The summed E-state index contributed by atoms with van der Waals surface area (Å²) in [6.45, 7) is 3.17. The third-order valence-corrected chi connectivity index (χ3v) is 6.14. The van der Waals surface area contributed by atoms with E-state index in [1.54, 1.807) is 12.1 Å². The van der Waals surface area contributed by atoms with Gasteiger partial charge >= 0.3 is 0 Å². The number of H-pyrrole nitrogens is 1. The van der Waals surface area contributed by atoms with E-state index < -0.39 is 0 Å². The molecule has 0 saturated carbocycles. The third-order valence-electron chi connectivity index (χ3n) is 6.14. The van der Waals surface area contributed by atoms with Crippen LogP contribution < -0.4 is 4.74 Å². The number of aromatic nitrogens is 2. The minimum absolute atomic E-state index is 0.123. The first-order valence-electron chi connectivity index (χ1n) is 11.6. The molecular weight excluding hydrogens is 429 g/mol. The van der Waals surface area contributed by atoms with Crippen LogP contribution in [0.25, 0.3) is 11.3 Å². The molecule has 1 aromatic heterocycles. The van der Waals surface area contributed by atoms with Crippen LogP contribution in [0.4, 0.5) is 4.39 Å². The second-order valence-electron chi connectivity index (χ2n) is 8.46. The van der Waals surface area contributed by atoms with Crippen molar-refractivity contribution in [3.8, 4) is 17.0 Å². The normalized spacial score (nSPS) is 14.9. The molecule has 5 nitrogen and oxygen atoms in total. The van der Waals surface area contributed by atoms with Crippen molar-refractivity contribution in [3.05, 3.63) is 107 Å². The number of amides is 1. The quantitative estimate of drug-likeness (QED) is 0.325. The average Bonchev–Trinajstić information content (AvgIpc) is 3.41. The Morgan fingerprint density at radius 1 is 1.00 bits per heavy atom. The van der Waals surface area contributed by atoms with Crippen LogP contribution in [0.2, 0.25) is 0 Å². The van der Waals surface area contributed by atoms with E-state index in [4.69, 9.17) is 4.74 Å². The summed E-state index contributed by atoms with van der Waals surface area (Å²) < 4.78 is 19.3. The van der Waals surface area contributed by atoms with E-state index in [0.29, 0.717) is 18.8 Å². The van der Waals surface area contributed by atoms with Gasteiger partial charge in [0.05, 0.1) is 18.3 Å². The summed E-state index contributed by atoms with van der Waals surface area (Å²) in [6, 6.07) is 23.7. The summed E-state index contributed by atoms with van der Waals surface area (Å²) >= 11 is 0. The number of rotatable bonds is 8. The number of hydrogen-bond acceptors (Lipinski definition) is 3. The molecule has 1 amide bonds. The van der Waals surface area contributed by atoms with Gasteiger partial charge in [-0.05, 0) is 41.8 Å². The lowest BCUT2D eigenvalue weighted by molar-refractivity contribution is 0.0730. The van der Waals surface area contributed by atoms with Gasteiger partial charge in [0.2, 0.25) is 0 Å². The van der Waals surface area contributed by atoms with Gasteiger partial charge in [-0.2, -0.15) is 5.10 Å². The highest BCUT2D eigenvalue weighted by Gasteiger charge is 2.42. The number of carbonyl (C=O) groups excluding carboxylic acids is 1. The SMILES string of the molecule is CCCCOc1ccc(C2c3c(-c4ccccc4)n[nH]c3C(=O)N2Cc2ccc(F)cc2)cc1. The largest absolute Gasteiger partial charge is 0.494 e. The van der Waals surface area contributed by atoms with Gasteiger partial charge < -0.3 is 9.64 Å². The van der Waals surface area contributed by atoms with Crippen molar-refractivity contribution in [1.29, 1.82) is 0 Å². The molecule has 0 spiro atoms. The van der Waals surface area contributed by atoms with Crippen LogP contribution in [0.15, 0.2) is 78.9 Å². The van der Waals surface area contributed by atoms with Crippen LogP contribution >= 0.6 is 0 Å². The van der Waals surface area contributed by atoms with Gasteiger partial charge in [0.25, 0.3) is 5.91 Å². The summed E-state index contributed by atoms with van der Waals surface area (Å²) in [5, 5.41) is 7.49. The van der Waals surface area contributed by atoms with Gasteiger partial charge in [-0.3, -0.25) is 9.89 Å². The number of halogens is 1. The summed E-state index contributed by atoms with van der Waals surface area (Å²) in [6.07, 6.45) is 2.08. The second-order valence-corrected chi connectivity index (χ2v) is 8.46. The van der Waals surface area contributed by atoms with Gasteiger partial charge in [0, 0.05) is 17.7 Å². The molecule has 1 aliphatic rings. The van der Waals surface area contributed by atoms with E-state index in [-0.39, 0.29) is 17.8 Å². The van der Waals surface area contributed by atoms with Crippen molar-refractivity contribution in [1.82, 2.24) is 15.1 Å². The zero-order chi connectivity index (χ0) is 23.5. The van der Waals surface area contributed by atoms with Crippen molar-refractivity contribution in [2.75, 3.05) is 6.61 Å². The number of ether oxygens (including phenoxy) is 1. The smallest absolute Gasteiger partial charge is 0.273 e. The molecule has 34 heavy (non-hydrogen) atoms. The van der Waals surface area contributed by atoms with Crippen molar-refractivity contribution in [2.24, 2.45) is 0 Å². The van der Waals surface area contributed by atoms with Crippen LogP contribution in [-0.4, -0.2) is 27.6 Å². The Morgan fingerprint density at radius 3 is 2.44 bits per heavy atom. The Balaban J connectivity index is 1.54. The summed E-state index contributed by atoms with van der Waals surface area (Å²) in [7, 11) is 0. The number of hydrogen-bond donors (Lipinski definition) is 1. The number of unbranched alkanes of at least 4 members (excludes halogenated alkanes) is 1. The highest BCUT2D eigenvalue weighted by atomic mass is 19.1. The molecule has 2 heterocycles. The maximum Gasteiger partial charge on any atom is 0.273 e. The highest BCUT2D eigenvalue weighted by molar-refractivity contribution is 6.00. The minimum Gasteiger partial charge on any atom is -0.494 e. The molecule has 0 saturated heterocycles. The molecule has 0 radical (unpaired) electrons. The van der Waals surface area contributed by atoms with Crippen molar-refractivity contribution in [2.45, 2.75) is 32.4 Å². The van der Waals surface area contributed by atoms with E-state index in [0.717, 1.165) is 46.5 Å². The van der Waals surface area contributed by atoms with Gasteiger partial charge in [0.15, 0.2) is 0 Å². The highest BCUT2D eigenvalue weighted by Crippen LogP contribution is 2.43. The minimum atomic E-state index is -0.328. The van der Waals surface area contributed by atoms with Crippen LogP contribution in [0.5, 0.6) is 5.75 Å². The lowest BCUT2D eigenvalue weighted by Crippen LogP contribution is -2.29. The predicted octanol–water partition coefficient (Wildman–Crippen LogP) is 6.14. The average molecular weight is 456 g/mol. The van der Waals surface area contributed by atoms with Gasteiger partial charge in [-0.15, -0.1) is 0 Å². The summed E-state index contributed by atoms with van der Waals surface area (Å²) in [4.78, 5) is 15.3. The number of aromatic amines is 1. The van der Waals surface area contributed by atoms with Crippen LogP contribution in [0.1, 0.15) is 53.0 Å². The van der Waals surface area contributed by atoms with E-state index in [1.165, 1.54) is 12.1 Å². The Bertz CT molecular complexity index is 1270. The maximum atomic E-state index is 13.5. The lowest BCUT2D eigenvalue weighted by atomic mass is 9.96. The van der Waals surface area contributed by atoms with Gasteiger partial charge in [-0.25, -0.2) is 4.39 Å². The Labute approximate surface area is 198 Å². The maximum absolute atomic E-state index is 13.5. The number of carbonyl (C=O) groups is 1. The van der Waals surface area contributed by atoms with Crippen LogP contribution in [0.3, 0.4) is 0 Å². The van der Waals surface area contributed by atoms with Crippen LogP contribution in [-0.2, 0) is 6.54 Å². The number of nitrogens with zero attached hydrogens (tertiary/aromatic N) is 2. The molecule has 4 aromatic rings. The molecule has 172 valence electrons. The molecule has 0 aliphatic carbocycles. The molecule has 5 rings (SSSR count). The molecule has 1 unspecified atom stereocenters. The van der Waals surface area contributed by atoms with Crippen LogP contribution in [0, 0.1) is 5.82 Å². The Hall–Kier alpha value is -3.93. The third kappa shape index (κ3) is 4.19. The molecule has 1 N–H and O–H groups in total. The first-order valence-corrected chi connectivity index (χ1v) is 11.6.